The molecule has 28 heavy (non-hydrogen) atoms. The van der Waals surface area contributed by atoms with E-state index in [1.165, 1.54) is 0 Å². The van der Waals surface area contributed by atoms with Crippen LogP contribution in [0.5, 0.6) is 0 Å². The summed E-state index contributed by atoms with van der Waals surface area (Å²) in [6, 6.07) is 12.4. The normalized spacial score (nSPS) is 11.8. The minimum Gasteiger partial charge on any atom is -0.355 e. The highest BCUT2D eigenvalue weighted by molar-refractivity contribution is 6.36. The number of hydrogen-bond donors (Lipinski definition) is 1. The Morgan fingerprint density at radius 2 is 1.68 bits per heavy atom. The van der Waals surface area contributed by atoms with Crippen molar-refractivity contribution in [2.24, 2.45) is 0 Å². The highest BCUT2D eigenvalue weighted by atomic mass is 35.5. The van der Waals surface area contributed by atoms with Crippen molar-refractivity contribution in [3.63, 3.8) is 0 Å². The first-order valence-electron chi connectivity index (χ1n) is 9.43. The average molecular weight is 421 g/mol. The summed E-state index contributed by atoms with van der Waals surface area (Å²) in [5.41, 5.74) is 2.62. The van der Waals surface area contributed by atoms with Gasteiger partial charge in [-0.05, 0) is 43.5 Å². The number of nitrogens with one attached hydrogen (secondary N) is 1. The molecule has 0 spiro atoms. The SMILES string of the molecule is CCNC(=O)[C@H](CC)N(Cc1c(Cl)cccc1Cl)C(=O)Cc1ccccc1C. The Hall–Kier alpha value is -2.04. The van der Waals surface area contributed by atoms with Gasteiger partial charge in [-0.1, -0.05) is 60.5 Å². The summed E-state index contributed by atoms with van der Waals surface area (Å²) in [5, 5.41) is 3.78. The molecule has 6 heteroatoms. The molecule has 0 unspecified atom stereocenters. The lowest BCUT2D eigenvalue weighted by molar-refractivity contribution is -0.140. The van der Waals surface area contributed by atoms with Crippen LogP contribution in [0.3, 0.4) is 0 Å². The Morgan fingerprint density at radius 1 is 1.04 bits per heavy atom. The zero-order valence-electron chi connectivity index (χ0n) is 16.5. The summed E-state index contributed by atoms with van der Waals surface area (Å²) >= 11 is 12.7. The number of carbonyl (C=O) groups excluding carboxylic acids is 2. The number of likely N-dealkylation sites (N-methyl/N-ethyl adjacent to an activating group) is 1. The van der Waals surface area contributed by atoms with Gasteiger partial charge in [0, 0.05) is 28.7 Å². The van der Waals surface area contributed by atoms with Crippen LogP contribution >= 0.6 is 23.2 Å². The van der Waals surface area contributed by atoms with Gasteiger partial charge in [0.1, 0.15) is 6.04 Å². The van der Waals surface area contributed by atoms with E-state index in [1.54, 1.807) is 23.1 Å². The number of amides is 2. The number of hydrogen-bond acceptors (Lipinski definition) is 2. The standard InChI is InChI=1S/C22H26Cl2N2O2/c1-4-20(22(28)25-5-2)26(14-17-18(23)11-8-12-19(17)24)21(27)13-16-10-7-6-9-15(16)3/h6-12,20H,4-5,13-14H2,1-3H3,(H,25,28)/t20-/m0/s1. The monoisotopic (exact) mass is 420 g/mol. The van der Waals surface area contributed by atoms with Crippen molar-refractivity contribution < 1.29 is 9.59 Å². The fourth-order valence-corrected chi connectivity index (χ4v) is 3.66. The topological polar surface area (TPSA) is 49.4 Å². The summed E-state index contributed by atoms with van der Waals surface area (Å²) in [7, 11) is 0. The number of carbonyl (C=O) groups is 2. The van der Waals surface area contributed by atoms with Gasteiger partial charge in [-0.15, -0.1) is 0 Å². The van der Waals surface area contributed by atoms with Crippen LogP contribution in [0.2, 0.25) is 10.0 Å². The molecule has 0 fully saturated rings. The molecule has 0 radical (unpaired) electrons. The maximum absolute atomic E-state index is 13.3. The molecule has 4 nitrogen and oxygen atoms in total. The molecular weight excluding hydrogens is 395 g/mol. The molecule has 2 aromatic rings. The van der Waals surface area contributed by atoms with Gasteiger partial charge in [0.25, 0.3) is 0 Å². The molecule has 1 N–H and O–H groups in total. The van der Waals surface area contributed by atoms with Crippen LogP contribution in [-0.2, 0) is 22.6 Å². The molecule has 2 amide bonds. The first kappa shape index (κ1) is 22.3. The van der Waals surface area contributed by atoms with Crippen LogP contribution in [0.1, 0.15) is 37.0 Å². The van der Waals surface area contributed by atoms with Gasteiger partial charge in [-0.2, -0.15) is 0 Å². The molecule has 1 atom stereocenters. The summed E-state index contributed by atoms with van der Waals surface area (Å²) < 4.78 is 0. The van der Waals surface area contributed by atoms with E-state index >= 15 is 0 Å². The molecule has 0 aliphatic heterocycles. The minimum atomic E-state index is -0.594. The third-order valence-corrected chi connectivity index (χ3v) is 5.44. The lowest BCUT2D eigenvalue weighted by Gasteiger charge is -2.31. The molecule has 0 aromatic heterocycles. The van der Waals surface area contributed by atoms with Gasteiger partial charge < -0.3 is 10.2 Å². The van der Waals surface area contributed by atoms with Crippen LogP contribution in [0.25, 0.3) is 0 Å². The number of benzene rings is 2. The molecule has 0 saturated heterocycles. The van der Waals surface area contributed by atoms with Crippen molar-refractivity contribution in [3.8, 4) is 0 Å². The van der Waals surface area contributed by atoms with Crippen molar-refractivity contribution in [1.29, 1.82) is 0 Å². The molecular formula is C22H26Cl2N2O2. The van der Waals surface area contributed by atoms with Crippen molar-refractivity contribution in [1.82, 2.24) is 10.2 Å². The maximum atomic E-state index is 13.3. The van der Waals surface area contributed by atoms with E-state index < -0.39 is 6.04 Å². The van der Waals surface area contributed by atoms with Crippen LogP contribution < -0.4 is 5.32 Å². The summed E-state index contributed by atoms with van der Waals surface area (Å²) in [5.74, 6) is -0.310. The number of nitrogens with zero attached hydrogens (tertiary/aromatic N) is 1. The average Bonchev–Trinajstić information content (AvgIpc) is 2.66. The van der Waals surface area contributed by atoms with E-state index in [1.807, 2.05) is 45.0 Å². The smallest absolute Gasteiger partial charge is 0.242 e. The molecule has 0 aliphatic carbocycles. The van der Waals surface area contributed by atoms with Crippen LogP contribution in [0, 0.1) is 6.92 Å². The summed E-state index contributed by atoms with van der Waals surface area (Å²) in [6.07, 6.45) is 0.706. The zero-order chi connectivity index (χ0) is 20.7. The van der Waals surface area contributed by atoms with Crippen LogP contribution in [-0.4, -0.2) is 29.3 Å². The van der Waals surface area contributed by atoms with Gasteiger partial charge in [-0.3, -0.25) is 9.59 Å². The second kappa shape index (κ2) is 10.5. The maximum Gasteiger partial charge on any atom is 0.242 e. The molecule has 150 valence electrons. The lowest BCUT2D eigenvalue weighted by atomic mass is 10.0. The Bertz CT molecular complexity index is 819. The van der Waals surface area contributed by atoms with E-state index in [0.717, 1.165) is 11.1 Å². The fraction of sp³-hybridized carbons (Fsp3) is 0.364. The van der Waals surface area contributed by atoms with E-state index in [2.05, 4.69) is 5.32 Å². The quantitative estimate of drug-likeness (QED) is 0.667. The second-order valence-corrected chi connectivity index (χ2v) is 7.46. The molecule has 0 saturated carbocycles. The Labute approximate surface area is 176 Å². The van der Waals surface area contributed by atoms with Crippen molar-refractivity contribution in [3.05, 3.63) is 69.2 Å². The summed E-state index contributed by atoms with van der Waals surface area (Å²) in [6.45, 7) is 6.40. The van der Waals surface area contributed by atoms with Gasteiger partial charge in [0.15, 0.2) is 0 Å². The van der Waals surface area contributed by atoms with Crippen molar-refractivity contribution >= 4 is 35.0 Å². The molecule has 0 aliphatic rings. The predicted molar refractivity (Wildman–Crippen MR) is 115 cm³/mol. The molecule has 2 aromatic carbocycles. The first-order valence-corrected chi connectivity index (χ1v) is 10.2. The lowest BCUT2D eigenvalue weighted by Crippen LogP contribution is -2.49. The highest BCUT2D eigenvalue weighted by Crippen LogP contribution is 2.27. The van der Waals surface area contributed by atoms with Crippen molar-refractivity contribution in [2.45, 2.75) is 46.2 Å². The highest BCUT2D eigenvalue weighted by Gasteiger charge is 2.29. The second-order valence-electron chi connectivity index (χ2n) is 6.64. The van der Waals surface area contributed by atoms with Gasteiger partial charge >= 0.3 is 0 Å². The van der Waals surface area contributed by atoms with Crippen LogP contribution in [0.4, 0.5) is 0 Å². The fourth-order valence-electron chi connectivity index (χ4n) is 3.14. The molecule has 0 heterocycles. The zero-order valence-corrected chi connectivity index (χ0v) is 18.0. The number of rotatable bonds is 8. The predicted octanol–water partition coefficient (Wildman–Crippen LogP) is 4.79. The van der Waals surface area contributed by atoms with Gasteiger partial charge in [-0.25, -0.2) is 0 Å². The van der Waals surface area contributed by atoms with Gasteiger partial charge in [0.2, 0.25) is 11.8 Å². The number of aryl methyl sites for hydroxylation is 1. The Balaban J connectivity index is 2.38. The minimum absolute atomic E-state index is 0.136. The molecule has 0 bridgehead atoms. The first-order chi connectivity index (χ1) is 13.4. The van der Waals surface area contributed by atoms with E-state index in [-0.39, 0.29) is 24.8 Å². The Morgan fingerprint density at radius 3 is 2.25 bits per heavy atom. The number of halogens is 2. The van der Waals surface area contributed by atoms with E-state index in [0.29, 0.717) is 28.6 Å². The Kier molecular flexibility index (Phi) is 8.34. The molecule has 2 rings (SSSR count). The third kappa shape index (κ3) is 5.49. The summed E-state index contributed by atoms with van der Waals surface area (Å²) in [4.78, 5) is 27.5. The van der Waals surface area contributed by atoms with E-state index in [4.69, 9.17) is 23.2 Å². The van der Waals surface area contributed by atoms with E-state index in [9.17, 15) is 9.59 Å². The van der Waals surface area contributed by atoms with Crippen LogP contribution in [0.15, 0.2) is 42.5 Å². The third-order valence-electron chi connectivity index (χ3n) is 4.73. The largest absolute Gasteiger partial charge is 0.355 e. The van der Waals surface area contributed by atoms with Crippen molar-refractivity contribution in [2.75, 3.05) is 6.54 Å². The van der Waals surface area contributed by atoms with Gasteiger partial charge in [0.05, 0.1) is 6.42 Å².